The van der Waals surface area contributed by atoms with E-state index in [0.717, 1.165) is 11.1 Å². The van der Waals surface area contributed by atoms with E-state index < -0.39 is 0 Å². The van der Waals surface area contributed by atoms with Crippen LogP contribution in [0.5, 0.6) is 0 Å². The van der Waals surface area contributed by atoms with Crippen LogP contribution in [-0.2, 0) is 22.4 Å². The molecule has 86 valence electrons. The summed E-state index contributed by atoms with van der Waals surface area (Å²) in [6.07, 6.45) is 0.776. The molecule has 0 aliphatic heterocycles. The van der Waals surface area contributed by atoms with Gasteiger partial charge in [-0.1, -0.05) is 30.2 Å². The molecule has 0 spiro atoms. The normalized spacial score (nSPS) is 8.53. The number of carbonyl (C=O) groups is 1. The summed E-state index contributed by atoms with van der Waals surface area (Å²) in [6.45, 7) is 0. The molecule has 0 aliphatic rings. The molecule has 0 unspecified atom stereocenters. The number of carbonyl (C=O) groups excluding carboxylic acids is 1. The summed E-state index contributed by atoms with van der Waals surface area (Å²) in [5.41, 5.74) is 9.91. The molecule has 0 fully saturated rings. The van der Waals surface area contributed by atoms with Gasteiger partial charge in [-0.05, 0) is 27.8 Å². The van der Waals surface area contributed by atoms with E-state index in [-0.39, 0.29) is 12.4 Å². The fourth-order valence-electron chi connectivity index (χ4n) is 1.21. The molecule has 0 bridgehead atoms. The Balaban J connectivity index is 2.59. The molecule has 0 atom stereocenters. The summed E-state index contributed by atoms with van der Waals surface area (Å²) >= 11 is 0. The lowest BCUT2D eigenvalue weighted by Gasteiger charge is -2.00. The predicted molar refractivity (Wildman–Crippen MR) is 62.8 cm³/mol. The van der Waals surface area contributed by atoms with Crippen molar-refractivity contribution >= 4 is 5.97 Å². The Bertz CT molecular complexity index is 491. The minimum Gasteiger partial charge on any atom is -0.469 e. The van der Waals surface area contributed by atoms with E-state index in [0.29, 0.717) is 6.42 Å². The van der Waals surface area contributed by atoms with Gasteiger partial charge in [-0.2, -0.15) is 0 Å². The molecule has 17 heavy (non-hydrogen) atoms. The van der Waals surface area contributed by atoms with E-state index in [1.165, 1.54) is 7.11 Å². The number of rotatable bonds is 3. The van der Waals surface area contributed by atoms with E-state index in [1.807, 2.05) is 24.3 Å². The summed E-state index contributed by atoms with van der Waals surface area (Å²) in [5, 5.41) is 3.11. The number of methoxy groups -OCH3 is 1. The van der Waals surface area contributed by atoms with Crippen molar-refractivity contribution < 1.29 is 9.53 Å². The summed E-state index contributed by atoms with van der Waals surface area (Å²) in [4.78, 5) is 13.5. The average Bonchev–Trinajstić information content (AvgIpc) is 2.36. The van der Waals surface area contributed by atoms with Gasteiger partial charge in [0.25, 0.3) is 0 Å². The molecule has 1 rings (SSSR count). The topological polar surface area (TPSA) is 75.1 Å². The molecule has 0 N–H and O–H groups in total. The molecular weight excluding hydrogens is 218 g/mol. The molecule has 0 aromatic heterocycles. The summed E-state index contributed by atoms with van der Waals surface area (Å²) in [5.74, 6) is 2.45. The van der Waals surface area contributed by atoms with E-state index in [9.17, 15) is 4.79 Å². The van der Waals surface area contributed by atoms with Crippen LogP contribution in [0.25, 0.3) is 10.4 Å². The highest BCUT2D eigenvalue weighted by molar-refractivity contribution is 5.72. The van der Waals surface area contributed by atoms with Crippen molar-refractivity contribution in [3.8, 4) is 12.0 Å². The Morgan fingerprint density at radius 2 is 2.06 bits per heavy atom. The van der Waals surface area contributed by atoms with Gasteiger partial charge in [-0.25, -0.2) is 0 Å². The number of ether oxygens (including phenoxy) is 1. The maximum absolute atomic E-state index is 11.0. The molecule has 0 heterocycles. The molecule has 1 aromatic carbocycles. The Morgan fingerprint density at radius 3 is 2.65 bits per heavy atom. The van der Waals surface area contributed by atoms with E-state index in [4.69, 9.17) is 5.53 Å². The molecule has 5 heteroatoms. The first-order valence-electron chi connectivity index (χ1n) is 4.93. The van der Waals surface area contributed by atoms with Crippen molar-refractivity contribution in [1.29, 1.82) is 0 Å². The third-order valence-electron chi connectivity index (χ3n) is 2.07. The van der Waals surface area contributed by atoms with Crippen LogP contribution in [-0.4, -0.2) is 13.1 Å². The Hall–Kier alpha value is -2.44. The number of nitrogens with zero attached hydrogens (tertiary/aromatic N) is 3. The lowest BCUT2D eigenvalue weighted by molar-refractivity contribution is -0.139. The summed E-state index contributed by atoms with van der Waals surface area (Å²) in [6, 6.07) is 9.78. The van der Waals surface area contributed by atoms with Crippen LogP contribution in [0, 0.1) is 12.0 Å². The van der Waals surface area contributed by atoms with E-state index >= 15 is 0 Å². The van der Waals surface area contributed by atoms with Gasteiger partial charge < -0.3 is 4.74 Å². The third-order valence-corrected chi connectivity index (χ3v) is 2.07. The highest BCUT2D eigenvalue weighted by atomic mass is 16.5. The first-order chi connectivity index (χ1) is 8.26. The fourth-order valence-corrected chi connectivity index (χ4v) is 1.21. The van der Waals surface area contributed by atoms with E-state index in [1.54, 1.807) is 0 Å². The molecule has 0 radical (unpaired) electrons. The number of azide groups is 1. The number of hydrogen-bond donors (Lipinski definition) is 0. The van der Waals surface area contributed by atoms with Gasteiger partial charge in [0, 0.05) is 11.3 Å². The Morgan fingerprint density at radius 1 is 1.41 bits per heavy atom. The van der Waals surface area contributed by atoms with Crippen LogP contribution in [0.15, 0.2) is 29.4 Å². The van der Waals surface area contributed by atoms with Crippen molar-refractivity contribution in [3.63, 3.8) is 0 Å². The summed E-state index contributed by atoms with van der Waals surface area (Å²) < 4.78 is 4.57. The van der Waals surface area contributed by atoms with Gasteiger partial charge in [0.05, 0.1) is 13.5 Å². The first kappa shape index (κ1) is 12.6. The van der Waals surface area contributed by atoms with Crippen LogP contribution >= 0.6 is 0 Å². The number of benzene rings is 1. The monoisotopic (exact) mass is 229 g/mol. The zero-order valence-electron chi connectivity index (χ0n) is 9.38. The molecule has 0 saturated heterocycles. The van der Waals surface area contributed by atoms with Gasteiger partial charge in [-0.3, -0.25) is 4.79 Å². The second-order valence-corrected chi connectivity index (χ2v) is 3.22. The second-order valence-electron chi connectivity index (χ2n) is 3.22. The number of esters is 1. The minimum absolute atomic E-state index is 0.263. The number of hydrogen-bond acceptors (Lipinski definition) is 3. The zero-order valence-corrected chi connectivity index (χ0v) is 9.38. The molecule has 0 saturated carbocycles. The smallest absolute Gasteiger partial charge is 0.309 e. The average molecular weight is 229 g/mol. The Labute approximate surface area is 99.0 Å². The minimum atomic E-state index is -0.263. The zero-order chi connectivity index (χ0) is 12.5. The molecule has 1 aromatic rings. The lowest BCUT2D eigenvalue weighted by Crippen LogP contribution is -2.04. The first-order valence-corrected chi connectivity index (χ1v) is 4.93. The fraction of sp³-hybridized carbons (Fsp3) is 0.250. The second kappa shape index (κ2) is 6.94. The SMILES string of the molecule is COC(=O)Cc1ccc(CC#CN=[N+]=[N-])cc1. The quantitative estimate of drug-likeness (QED) is 0.262. The van der Waals surface area contributed by atoms with Crippen molar-refractivity contribution in [3.05, 3.63) is 45.8 Å². The van der Waals surface area contributed by atoms with Gasteiger partial charge in [0.2, 0.25) is 0 Å². The molecule has 5 nitrogen and oxygen atoms in total. The van der Waals surface area contributed by atoms with Crippen LogP contribution in [0.2, 0.25) is 0 Å². The van der Waals surface area contributed by atoms with E-state index in [2.05, 4.69) is 26.7 Å². The molecular formula is C12H11N3O2. The summed E-state index contributed by atoms with van der Waals surface area (Å²) in [7, 11) is 1.36. The highest BCUT2D eigenvalue weighted by Gasteiger charge is 2.01. The maximum atomic E-state index is 11.0. The molecule has 0 aliphatic carbocycles. The van der Waals surface area contributed by atoms with Gasteiger partial charge >= 0.3 is 5.97 Å². The largest absolute Gasteiger partial charge is 0.469 e. The highest BCUT2D eigenvalue weighted by Crippen LogP contribution is 2.06. The van der Waals surface area contributed by atoms with Gasteiger partial charge in [0.15, 0.2) is 0 Å². The van der Waals surface area contributed by atoms with Crippen LogP contribution in [0.4, 0.5) is 0 Å². The van der Waals surface area contributed by atoms with Gasteiger partial charge in [-0.15, -0.1) is 0 Å². The Kier molecular flexibility index (Phi) is 5.15. The lowest BCUT2D eigenvalue weighted by atomic mass is 10.1. The van der Waals surface area contributed by atoms with Crippen LogP contribution in [0.1, 0.15) is 11.1 Å². The van der Waals surface area contributed by atoms with Crippen molar-refractivity contribution in [2.45, 2.75) is 12.8 Å². The standard InChI is InChI=1S/C12H11N3O2/c1-17-12(16)9-11-6-4-10(5-7-11)3-2-8-14-15-13/h4-7H,3,9H2,1H3. The predicted octanol–water partition coefficient (Wildman–Crippen LogP) is 2.22. The van der Waals surface area contributed by atoms with Gasteiger partial charge in [0.1, 0.15) is 0 Å². The maximum Gasteiger partial charge on any atom is 0.309 e. The van der Waals surface area contributed by atoms with Crippen LogP contribution < -0.4 is 0 Å². The van der Waals surface area contributed by atoms with Crippen molar-refractivity contribution in [2.75, 3.05) is 7.11 Å². The third kappa shape index (κ3) is 4.74. The van der Waals surface area contributed by atoms with Crippen molar-refractivity contribution in [1.82, 2.24) is 0 Å². The van der Waals surface area contributed by atoms with Crippen molar-refractivity contribution in [2.24, 2.45) is 5.11 Å². The van der Waals surface area contributed by atoms with Crippen LogP contribution in [0.3, 0.4) is 0 Å². The molecule has 0 amide bonds.